The normalized spacial score (nSPS) is 7.00. The zero-order valence-electron chi connectivity index (χ0n) is 4.09. The minimum Gasteiger partial charge on any atom is -0.481 e. The van der Waals surface area contributed by atoms with Crippen LogP contribution in [0.4, 0.5) is 0 Å². The second kappa shape index (κ2) is 6.65. The molecule has 0 unspecified atom stereocenters. The van der Waals surface area contributed by atoms with E-state index in [2.05, 4.69) is 0 Å². The van der Waals surface area contributed by atoms with Gasteiger partial charge < -0.3 is 9.90 Å². The molecular weight excluding hydrogens is 155 g/mol. The standard InChI is InChI=1S/C4H6O3.Co/c5-3-1-2-4(6)7;/h3H,1-2H2,(H,6,7);. The molecular formula is C4H6CoO3. The number of aldehydes is 1. The number of carbonyl (C=O) groups excluding carboxylic acids is 1. The Morgan fingerprint density at radius 3 is 2.25 bits per heavy atom. The molecule has 0 aromatic heterocycles. The van der Waals surface area contributed by atoms with Crippen molar-refractivity contribution in [2.24, 2.45) is 0 Å². The first-order chi connectivity index (χ1) is 3.27. The SMILES string of the molecule is O=CCCC(=O)O.[Co]. The molecule has 1 N–H and O–H groups in total. The van der Waals surface area contributed by atoms with Crippen LogP contribution in [-0.4, -0.2) is 17.4 Å². The average molecular weight is 161 g/mol. The van der Waals surface area contributed by atoms with Gasteiger partial charge >= 0.3 is 5.97 Å². The molecule has 0 fully saturated rings. The number of carboxylic acid groups (broad SMARTS) is 1. The largest absolute Gasteiger partial charge is 0.481 e. The Morgan fingerprint density at radius 1 is 1.62 bits per heavy atom. The van der Waals surface area contributed by atoms with E-state index >= 15 is 0 Å². The summed E-state index contributed by atoms with van der Waals surface area (Å²) < 4.78 is 0. The summed E-state index contributed by atoms with van der Waals surface area (Å²) >= 11 is 0. The molecule has 0 rings (SSSR count). The number of rotatable bonds is 3. The van der Waals surface area contributed by atoms with E-state index in [1.807, 2.05) is 0 Å². The molecule has 0 aliphatic carbocycles. The maximum Gasteiger partial charge on any atom is 0.303 e. The van der Waals surface area contributed by atoms with E-state index in [0.29, 0.717) is 6.29 Å². The van der Waals surface area contributed by atoms with Gasteiger partial charge in [-0.05, 0) is 0 Å². The van der Waals surface area contributed by atoms with E-state index in [-0.39, 0.29) is 29.6 Å². The number of hydrogen-bond acceptors (Lipinski definition) is 2. The first-order valence-electron chi connectivity index (χ1n) is 1.93. The molecule has 8 heavy (non-hydrogen) atoms. The molecule has 0 saturated carbocycles. The molecule has 0 aliphatic rings. The summed E-state index contributed by atoms with van der Waals surface area (Å²) in [5.41, 5.74) is 0. The quantitative estimate of drug-likeness (QED) is 0.595. The fraction of sp³-hybridized carbons (Fsp3) is 0.500. The summed E-state index contributed by atoms with van der Waals surface area (Å²) in [5.74, 6) is -0.924. The third-order valence-corrected chi connectivity index (χ3v) is 0.476. The fourth-order valence-electron chi connectivity index (χ4n) is 0.182. The van der Waals surface area contributed by atoms with Gasteiger partial charge in [0.05, 0.1) is 6.42 Å². The van der Waals surface area contributed by atoms with Crippen LogP contribution in [0.15, 0.2) is 0 Å². The fourth-order valence-corrected chi connectivity index (χ4v) is 0.182. The minimum atomic E-state index is -0.924. The molecule has 0 aliphatic heterocycles. The Kier molecular flexibility index (Phi) is 8.80. The van der Waals surface area contributed by atoms with Crippen molar-refractivity contribution in [2.45, 2.75) is 12.8 Å². The van der Waals surface area contributed by atoms with Crippen LogP contribution in [0.5, 0.6) is 0 Å². The Balaban J connectivity index is 0. The van der Waals surface area contributed by atoms with Gasteiger partial charge in [0.1, 0.15) is 6.29 Å². The Labute approximate surface area is 57.3 Å². The molecule has 4 heteroatoms. The Morgan fingerprint density at radius 2 is 2.12 bits per heavy atom. The Hall–Kier alpha value is -0.354. The van der Waals surface area contributed by atoms with Gasteiger partial charge in [0.25, 0.3) is 0 Å². The van der Waals surface area contributed by atoms with E-state index in [9.17, 15) is 9.59 Å². The van der Waals surface area contributed by atoms with Crippen LogP contribution in [0.2, 0.25) is 0 Å². The Bertz CT molecular complexity index is 81.4. The van der Waals surface area contributed by atoms with Crippen molar-refractivity contribution in [2.75, 3.05) is 0 Å². The molecule has 0 atom stereocenters. The molecule has 0 amide bonds. The van der Waals surface area contributed by atoms with Gasteiger partial charge in [0.2, 0.25) is 0 Å². The van der Waals surface area contributed by atoms with Crippen LogP contribution in [-0.2, 0) is 26.4 Å². The summed E-state index contributed by atoms with van der Waals surface area (Å²) in [5, 5.41) is 7.89. The summed E-state index contributed by atoms with van der Waals surface area (Å²) in [6.07, 6.45) is 0.660. The third-order valence-electron chi connectivity index (χ3n) is 0.476. The van der Waals surface area contributed by atoms with Crippen LogP contribution in [0, 0.1) is 0 Å². The van der Waals surface area contributed by atoms with Gasteiger partial charge in [-0.2, -0.15) is 0 Å². The topological polar surface area (TPSA) is 54.4 Å². The van der Waals surface area contributed by atoms with Crippen molar-refractivity contribution in [3.63, 3.8) is 0 Å². The second-order valence-corrected chi connectivity index (χ2v) is 1.10. The van der Waals surface area contributed by atoms with Crippen molar-refractivity contribution in [1.29, 1.82) is 0 Å². The first kappa shape index (κ1) is 10.6. The average Bonchev–Trinajstić information content (AvgIpc) is 1.61. The molecule has 0 aromatic rings. The van der Waals surface area contributed by atoms with Gasteiger partial charge in [-0.1, -0.05) is 0 Å². The predicted octanol–water partition coefficient (Wildman–Crippen LogP) is 0.0476. The van der Waals surface area contributed by atoms with Crippen molar-refractivity contribution >= 4 is 12.3 Å². The van der Waals surface area contributed by atoms with Gasteiger partial charge in [0, 0.05) is 23.2 Å². The molecule has 3 nitrogen and oxygen atoms in total. The molecule has 0 bridgehead atoms. The van der Waals surface area contributed by atoms with Crippen molar-refractivity contribution in [3.05, 3.63) is 0 Å². The number of carbonyl (C=O) groups is 2. The maximum absolute atomic E-state index is 9.60. The van der Waals surface area contributed by atoms with E-state index in [1.165, 1.54) is 0 Å². The summed E-state index contributed by atoms with van der Waals surface area (Å²) in [4.78, 5) is 19.0. The maximum atomic E-state index is 9.60. The van der Waals surface area contributed by atoms with Crippen molar-refractivity contribution in [3.8, 4) is 0 Å². The molecule has 0 aromatic carbocycles. The monoisotopic (exact) mass is 161 g/mol. The van der Waals surface area contributed by atoms with E-state index in [0.717, 1.165) is 0 Å². The predicted molar refractivity (Wildman–Crippen MR) is 22.9 cm³/mol. The van der Waals surface area contributed by atoms with Gasteiger partial charge in [-0.3, -0.25) is 4.79 Å². The van der Waals surface area contributed by atoms with E-state index in [4.69, 9.17) is 5.11 Å². The summed E-state index contributed by atoms with van der Waals surface area (Å²) in [6, 6.07) is 0. The minimum absolute atomic E-state index is 0. The zero-order chi connectivity index (χ0) is 5.70. The van der Waals surface area contributed by atoms with Crippen molar-refractivity contribution in [1.82, 2.24) is 0 Å². The molecule has 0 heterocycles. The number of hydrogen-bond donors (Lipinski definition) is 1. The van der Waals surface area contributed by atoms with Crippen molar-refractivity contribution < 1.29 is 31.5 Å². The molecule has 1 radical (unpaired) electrons. The van der Waals surface area contributed by atoms with Crippen LogP contribution in [0.1, 0.15) is 12.8 Å². The van der Waals surface area contributed by atoms with Gasteiger partial charge in [0.15, 0.2) is 0 Å². The van der Waals surface area contributed by atoms with Crippen LogP contribution < -0.4 is 0 Å². The summed E-state index contributed by atoms with van der Waals surface area (Å²) in [6.45, 7) is 0. The van der Waals surface area contributed by atoms with Crippen LogP contribution >= 0.6 is 0 Å². The van der Waals surface area contributed by atoms with E-state index < -0.39 is 5.97 Å². The van der Waals surface area contributed by atoms with Gasteiger partial charge in [-0.15, -0.1) is 0 Å². The number of carboxylic acids is 1. The van der Waals surface area contributed by atoms with Gasteiger partial charge in [-0.25, -0.2) is 0 Å². The summed E-state index contributed by atoms with van der Waals surface area (Å²) in [7, 11) is 0. The zero-order valence-corrected chi connectivity index (χ0v) is 5.13. The third kappa shape index (κ3) is 9.17. The molecule has 0 saturated heterocycles. The number of aliphatic carboxylic acids is 1. The molecule has 49 valence electrons. The van der Waals surface area contributed by atoms with Crippen LogP contribution in [0.3, 0.4) is 0 Å². The van der Waals surface area contributed by atoms with Crippen LogP contribution in [0.25, 0.3) is 0 Å². The second-order valence-electron chi connectivity index (χ2n) is 1.10. The first-order valence-corrected chi connectivity index (χ1v) is 1.93. The molecule has 0 spiro atoms. The van der Waals surface area contributed by atoms with E-state index in [1.54, 1.807) is 0 Å². The smallest absolute Gasteiger partial charge is 0.303 e.